The Kier molecular flexibility index (Phi) is 6.35. The standard InChI is InChI=1S/C21H28O5/c1-12(7-6-8-13(2)15(4)22)9-10-16-19(23)18-17(11-26-21(18)24)14(3)20(16)25-5/h9,13,22-23H,4,6-8,10-11H2,1-3,5H3/b12-9+. The zero-order chi connectivity index (χ0) is 19.4. The monoisotopic (exact) mass is 360 g/mol. The molecule has 5 nitrogen and oxygen atoms in total. The number of allylic oxidation sites excluding steroid dienone is 3. The molecule has 0 spiro atoms. The summed E-state index contributed by atoms with van der Waals surface area (Å²) >= 11 is 0. The number of carbonyl (C=O) groups is 1. The van der Waals surface area contributed by atoms with Crippen LogP contribution in [0, 0.1) is 12.8 Å². The lowest BCUT2D eigenvalue weighted by molar-refractivity contribution is 0.0533. The molecule has 142 valence electrons. The fourth-order valence-corrected chi connectivity index (χ4v) is 3.26. The first-order chi connectivity index (χ1) is 12.3. The lowest BCUT2D eigenvalue weighted by Gasteiger charge is -2.16. The molecule has 0 saturated carbocycles. The van der Waals surface area contributed by atoms with Crippen molar-refractivity contribution in [2.75, 3.05) is 7.11 Å². The molecule has 0 fully saturated rings. The molecule has 26 heavy (non-hydrogen) atoms. The third-order valence-electron chi connectivity index (χ3n) is 5.08. The van der Waals surface area contributed by atoms with Gasteiger partial charge in [0.05, 0.1) is 12.9 Å². The maximum atomic E-state index is 11.9. The summed E-state index contributed by atoms with van der Waals surface area (Å²) in [4.78, 5) is 11.9. The first kappa shape index (κ1) is 19.9. The van der Waals surface area contributed by atoms with Gasteiger partial charge in [-0.1, -0.05) is 25.2 Å². The van der Waals surface area contributed by atoms with Gasteiger partial charge in [0.2, 0.25) is 0 Å². The van der Waals surface area contributed by atoms with Crippen molar-refractivity contribution in [1.82, 2.24) is 0 Å². The molecule has 1 heterocycles. The van der Waals surface area contributed by atoms with Gasteiger partial charge in [-0.15, -0.1) is 0 Å². The number of hydrogen-bond acceptors (Lipinski definition) is 5. The number of rotatable bonds is 8. The predicted molar refractivity (Wildman–Crippen MR) is 101 cm³/mol. The van der Waals surface area contributed by atoms with Gasteiger partial charge in [0.15, 0.2) is 0 Å². The number of ether oxygens (including phenoxy) is 2. The molecular formula is C21H28O5. The number of fused-ring (bicyclic) bond motifs is 1. The van der Waals surface area contributed by atoms with Crippen LogP contribution in [0.1, 0.15) is 60.2 Å². The number of methoxy groups -OCH3 is 1. The molecule has 5 heteroatoms. The van der Waals surface area contributed by atoms with Crippen molar-refractivity contribution in [2.45, 2.75) is 53.1 Å². The minimum absolute atomic E-state index is 0.0424. The van der Waals surface area contributed by atoms with Crippen LogP contribution in [0.2, 0.25) is 0 Å². The molecular weight excluding hydrogens is 332 g/mol. The van der Waals surface area contributed by atoms with Crippen LogP contribution < -0.4 is 4.74 Å². The first-order valence-electron chi connectivity index (χ1n) is 8.89. The smallest absolute Gasteiger partial charge is 0.342 e. The number of phenols is 1. The molecule has 2 N–H and O–H groups in total. The highest BCUT2D eigenvalue weighted by molar-refractivity contribution is 5.98. The number of aliphatic hydroxyl groups is 1. The molecule has 2 rings (SSSR count). The van der Waals surface area contributed by atoms with Gasteiger partial charge in [-0.25, -0.2) is 4.79 Å². The molecule has 1 unspecified atom stereocenters. The van der Waals surface area contributed by atoms with Crippen molar-refractivity contribution in [3.8, 4) is 11.5 Å². The van der Waals surface area contributed by atoms with Crippen LogP contribution in [0.5, 0.6) is 11.5 Å². The zero-order valence-corrected chi connectivity index (χ0v) is 16.0. The molecule has 1 atom stereocenters. The molecule has 1 aromatic carbocycles. The second-order valence-electron chi connectivity index (χ2n) is 6.95. The van der Waals surface area contributed by atoms with Gasteiger partial charge in [0, 0.05) is 17.0 Å². The van der Waals surface area contributed by atoms with Crippen molar-refractivity contribution in [3.05, 3.63) is 46.2 Å². The van der Waals surface area contributed by atoms with Gasteiger partial charge in [-0.2, -0.15) is 0 Å². The van der Waals surface area contributed by atoms with Crippen LogP contribution >= 0.6 is 0 Å². The summed E-state index contributed by atoms with van der Waals surface area (Å²) in [6.07, 6.45) is 5.24. The highest BCUT2D eigenvalue weighted by Crippen LogP contribution is 2.42. The number of esters is 1. The number of hydrogen-bond donors (Lipinski definition) is 2. The minimum atomic E-state index is -0.483. The van der Waals surface area contributed by atoms with E-state index in [9.17, 15) is 15.0 Å². The summed E-state index contributed by atoms with van der Waals surface area (Å²) in [5.74, 6) is 0.399. The Morgan fingerprint density at radius 3 is 2.77 bits per heavy atom. The number of cyclic esters (lactones) is 1. The van der Waals surface area contributed by atoms with E-state index in [4.69, 9.17) is 9.47 Å². The summed E-state index contributed by atoms with van der Waals surface area (Å²) in [6.45, 7) is 9.61. The molecule has 0 bridgehead atoms. The van der Waals surface area contributed by atoms with Crippen molar-refractivity contribution in [2.24, 2.45) is 5.92 Å². The molecule has 1 aliphatic heterocycles. The normalized spacial score (nSPS) is 14.8. The van der Waals surface area contributed by atoms with Crippen LogP contribution in [-0.4, -0.2) is 23.3 Å². The fourth-order valence-electron chi connectivity index (χ4n) is 3.26. The second-order valence-corrected chi connectivity index (χ2v) is 6.95. The highest BCUT2D eigenvalue weighted by atomic mass is 16.5. The molecule has 0 aliphatic carbocycles. The van der Waals surface area contributed by atoms with Gasteiger partial charge in [-0.05, 0) is 45.1 Å². The third-order valence-corrected chi connectivity index (χ3v) is 5.08. The predicted octanol–water partition coefficient (Wildman–Crippen LogP) is 4.75. The summed E-state index contributed by atoms with van der Waals surface area (Å²) in [6, 6.07) is 0. The number of aliphatic hydroxyl groups excluding tert-OH is 1. The van der Waals surface area contributed by atoms with E-state index in [1.165, 1.54) is 5.57 Å². The Hall–Kier alpha value is -2.43. The molecule has 1 aromatic rings. The summed E-state index contributed by atoms with van der Waals surface area (Å²) in [7, 11) is 1.56. The van der Waals surface area contributed by atoms with E-state index in [-0.39, 0.29) is 29.6 Å². The maximum absolute atomic E-state index is 11.9. The SMILES string of the molecule is C=C(O)C(C)CCC/C(C)=C/Cc1c(O)c2c(c(C)c1OC)COC2=O. The van der Waals surface area contributed by atoms with E-state index in [2.05, 4.69) is 6.58 Å². The second kappa shape index (κ2) is 8.30. The number of benzene rings is 1. The molecule has 0 aromatic heterocycles. The molecule has 1 aliphatic rings. The van der Waals surface area contributed by atoms with E-state index in [1.807, 2.05) is 26.8 Å². The van der Waals surface area contributed by atoms with Crippen molar-refractivity contribution < 1.29 is 24.5 Å². The Morgan fingerprint density at radius 2 is 2.15 bits per heavy atom. The largest absolute Gasteiger partial charge is 0.513 e. The average Bonchev–Trinajstić information content (AvgIpc) is 2.98. The van der Waals surface area contributed by atoms with Gasteiger partial charge in [0.25, 0.3) is 0 Å². The van der Waals surface area contributed by atoms with E-state index in [0.29, 0.717) is 23.3 Å². The molecule has 0 saturated heterocycles. The van der Waals surface area contributed by atoms with Gasteiger partial charge in [0.1, 0.15) is 23.7 Å². The van der Waals surface area contributed by atoms with Crippen molar-refractivity contribution in [1.29, 1.82) is 0 Å². The van der Waals surface area contributed by atoms with Crippen LogP contribution in [0.25, 0.3) is 0 Å². The van der Waals surface area contributed by atoms with Gasteiger partial charge in [-0.3, -0.25) is 0 Å². The fraction of sp³-hybridized carbons (Fsp3) is 0.476. The summed E-state index contributed by atoms with van der Waals surface area (Å²) in [5.41, 5.74) is 3.59. The van der Waals surface area contributed by atoms with E-state index in [1.54, 1.807) is 7.11 Å². The van der Waals surface area contributed by atoms with Crippen LogP contribution in [0.15, 0.2) is 24.0 Å². The molecule has 0 amide bonds. The Bertz CT molecular complexity index is 746. The average molecular weight is 360 g/mol. The van der Waals surface area contributed by atoms with Crippen LogP contribution in [0.4, 0.5) is 0 Å². The zero-order valence-electron chi connectivity index (χ0n) is 16.0. The Labute approximate surface area is 154 Å². The summed E-state index contributed by atoms with van der Waals surface area (Å²) in [5, 5.41) is 20.0. The quantitative estimate of drug-likeness (QED) is 0.398. The van der Waals surface area contributed by atoms with Crippen molar-refractivity contribution >= 4 is 5.97 Å². The van der Waals surface area contributed by atoms with Crippen molar-refractivity contribution in [3.63, 3.8) is 0 Å². The van der Waals surface area contributed by atoms with Crippen LogP contribution in [-0.2, 0) is 17.8 Å². The number of phenolic OH excluding ortho intramolecular Hbond substituents is 1. The number of carbonyl (C=O) groups excluding carboxylic acids is 1. The topological polar surface area (TPSA) is 76.0 Å². The summed E-state index contributed by atoms with van der Waals surface area (Å²) < 4.78 is 10.6. The lowest BCUT2D eigenvalue weighted by atomic mass is 9.94. The first-order valence-corrected chi connectivity index (χ1v) is 8.89. The van der Waals surface area contributed by atoms with E-state index in [0.717, 1.165) is 24.8 Å². The minimum Gasteiger partial charge on any atom is -0.513 e. The van der Waals surface area contributed by atoms with E-state index < -0.39 is 5.97 Å². The third kappa shape index (κ3) is 4.03. The van der Waals surface area contributed by atoms with Crippen LogP contribution in [0.3, 0.4) is 0 Å². The highest BCUT2D eigenvalue weighted by Gasteiger charge is 2.31. The molecule has 0 radical (unpaired) electrons. The Morgan fingerprint density at radius 1 is 1.46 bits per heavy atom. The lowest BCUT2D eigenvalue weighted by Crippen LogP contribution is -2.03. The van der Waals surface area contributed by atoms with Gasteiger partial charge < -0.3 is 19.7 Å². The van der Waals surface area contributed by atoms with Gasteiger partial charge >= 0.3 is 5.97 Å². The maximum Gasteiger partial charge on any atom is 0.342 e. The Balaban J connectivity index is 2.16. The number of aromatic hydroxyl groups is 1. The van der Waals surface area contributed by atoms with E-state index >= 15 is 0 Å².